The van der Waals surface area contributed by atoms with E-state index < -0.39 is 0 Å². The number of amides is 1. The van der Waals surface area contributed by atoms with Crippen LogP contribution in [0.2, 0.25) is 0 Å². The Balaban J connectivity index is 1.35. The Morgan fingerprint density at radius 2 is 1.71 bits per heavy atom. The Hall–Kier alpha value is -3.38. The highest BCUT2D eigenvalue weighted by Gasteiger charge is 2.19. The highest BCUT2D eigenvalue weighted by molar-refractivity contribution is 5.94. The van der Waals surface area contributed by atoms with E-state index in [4.69, 9.17) is 0 Å². The molecule has 1 fully saturated rings. The zero-order valence-corrected chi connectivity index (χ0v) is 20.1. The number of aromatic hydroxyl groups is 1. The van der Waals surface area contributed by atoms with Crippen LogP contribution in [-0.4, -0.2) is 53.6 Å². The molecule has 0 saturated carbocycles. The van der Waals surface area contributed by atoms with Crippen molar-refractivity contribution < 1.29 is 9.90 Å². The lowest BCUT2D eigenvalue weighted by atomic mass is 9.98. The second-order valence-corrected chi connectivity index (χ2v) is 8.83. The van der Waals surface area contributed by atoms with Gasteiger partial charge in [-0.15, -0.1) is 0 Å². The second-order valence-electron chi connectivity index (χ2n) is 8.83. The summed E-state index contributed by atoms with van der Waals surface area (Å²) in [6.07, 6.45) is 5.15. The van der Waals surface area contributed by atoms with Gasteiger partial charge < -0.3 is 15.3 Å². The standard InChI is InChI=1S/C28H34N4O2/c1-3-11-30-28(34)22-7-9-26(10-8-22)32-14-12-31(13-15-32)20-24-6-5-23(16-21(24)4-2)25-17-27(33)19-29-18-25/h5-10,16-19,33H,3-4,11-15,20H2,1-2H3,(H,30,34). The molecule has 1 amide bonds. The molecule has 0 unspecified atom stereocenters. The van der Waals surface area contributed by atoms with Crippen molar-refractivity contribution in [2.24, 2.45) is 0 Å². The molecule has 4 rings (SSSR count). The topological polar surface area (TPSA) is 68.7 Å². The summed E-state index contributed by atoms with van der Waals surface area (Å²) in [5, 5.41) is 12.7. The maximum absolute atomic E-state index is 12.1. The van der Waals surface area contributed by atoms with Gasteiger partial charge in [0, 0.05) is 62.3 Å². The number of nitrogens with zero attached hydrogens (tertiary/aromatic N) is 3. The van der Waals surface area contributed by atoms with E-state index in [-0.39, 0.29) is 11.7 Å². The summed E-state index contributed by atoms with van der Waals surface area (Å²) in [5.41, 5.74) is 6.60. The van der Waals surface area contributed by atoms with Crippen LogP contribution >= 0.6 is 0 Å². The van der Waals surface area contributed by atoms with Crippen molar-refractivity contribution in [1.29, 1.82) is 0 Å². The number of carbonyl (C=O) groups is 1. The van der Waals surface area contributed by atoms with E-state index in [1.807, 2.05) is 12.1 Å². The van der Waals surface area contributed by atoms with Crippen molar-refractivity contribution in [3.63, 3.8) is 0 Å². The van der Waals surface area contributed by atoms with Gasteiger partial charge in [0.05, 0.1) is 6.20 Å². The van der Waals surface area contributed by atoms with Crippen LogP contribution in [-0.2, 0) is 13.0 Å². The van der Waals surface area contributed by atoms with Gasteiger partial charge >= 0.3 is 0 Å². The molecular weight excluding hydrogens is 424 g/mol. The number of pyridine rings is 1. The molecule has 3 aromatic rings. The zero-order valence-electron chi connectivity index (χ0n) is 20.1. The minimum Gasteiger partial charge on any atom is -0.506 e. The average Bonchev–Trinajstić information content (AvgIpc) is 2.88. The predicted molar refractivity (Wildman–Crippen MR) is 137 cm³/mol. The number of carbonyl (C=O) groups excluding carboxylic acids is 1. The minimum absolute atomic E-state index is 0.00343. The third-order valence-corrected chi connectivity index (χ3v) is 6.44. The van der Waals surface area contributed by atoms with E-state index in [1.165, 1.54) is 23.0 Å². The number of hydrogen-bond donors (Lipinski definition) is 2. The fourth-order valence-corrected chi connectivity index (χ4v) is 4.44. The van der Waals surface area contributed by atoms with Crippen molar-refractivity contribution in [3.8, 4) is 16.9 Å². The first kappa shape index (κ1) is 23.8. The minimum atomic E-state index is -0.00343. The fourth-order valence-electron chi connectivity index (χ4n) is 4.44. The number of benzene rings is 2. The highest BCUT2D eigenvalue weighted by Crippen LogP contribution is 2.26. The first-order valence-corrected chi connectivity index (χ1v) is 12.2. The van der Waals surface area contributed by atoms with E-state index in [2.05, 4.69) is 64.3 Å². The number of hydrogen-bond acceptors (Lipinski definition) is 5. The van der Waals surface area contributed by atoms with Crippen LogP contribution in [0.3, 0.4) is 0 Å². The van der Waals surface area contributed by atoms with E-state index >= 15 is 0 Å². The van der Waals surface area contributed by atoms with E-state index in [9.17, 15) is 9.90 Å². The van der Waals surface area contributed by atoms with Crippen LogP contribution in [0.4, 0.5) is 5.69 Å². The molecule has 1 aliphatic heterocycles. The van der Waals surface area contributed by atoms with Gasteiger partial charge in [-0.05, 0) is 59.9 Å². The van der Waals surface area contributed by atoms with Gasteiger partial charge in [0.2, 0.25) is 0 Å². The number of nitrogens with one attached hydrogen (secondary N) is 1. The first-order chi connectivity index (χ1) is 16.6. The van der Waals surface area contributed by atoms with E-state index in [0.717, 1.165) is 56.7 Å². The van der Waals surface area contributed by atoms with Gasteiger partial charge in [0.1, 0.15) is 5.75 Å². The summed E-state index contributed by atoms with van der Waals surface area (Å²) in [7, 11) is 0. The quantitative estimate of drug-likeness (QED) is 0.521. The Morgan fingerprint density at radius 1 is 0.941 bits per heavy atom. The number of aryl methyl sites for hydroxylation is 1. The van der Waals surface area contributed by atoms with Gasteiger partial charge in [-0.3, -0.25) is 14.7 Å². The van der Waals surface area contributed by atoms with Gasteiger partial charge in [-0.2, -0.15) is 0 Å². The molecule has 0 aliphatic carbocycles. The second kappa shape index (κ2) is 11.2. The van der Waals surface area contributed by atoms with Gasteiger partial charge in [0.25, 0.3) is 5.91 Å². The Bertz CT molecular complexity index is 1110. The summed E-state index contributed by atoms with van der Waals surface area (Å²) in [4.78, 5) is 21.1. The monoisotopic (exact) mass is 458 g/mol. The molecule has 6 nitrogen and oxygen atoms in total. The summed E-state index contributed by atoms with van der Waals surface area (Å²) in [6.45, 7) is 9.82. The van der Waals surface area contributed by atoms with Crippen LogP contribution in [0.5, 0.6) is 5.75 Å². The number of aromatic nitrogens is 1. The average molecular weight is 459 g/mol. The Morgan fingerprint density at radius 3 is 2.38 bits per heavy atom. The molecule has 0 spiro atoms. The summed E-state index contributed by atoms with van der Waals surface area (Å²) < 4.78 is 0. The maximum Gasteiger partial charge on any atom is 0.251 e. The molecule has 6 heteroatoms. The van der Waals surface area contributed by atoms with Crippen LogP contribution in [0.1, 0.15) is 41.8 Å². The van der Waals surface area contributed by atoms with Crippen LogP contribution in [0.15, 0.2) is 60.9 Å². The summed E-state index contributed by atoms with van der Waals surface area (Å²) >= 11 is 0. The van der Waals surface area contributed by atoms with Crippen molar-refractivity contribution in [3.05, 3.63) is 77.6 Å². The Kier molecular flexibility index (Phi) is 7.80. The number of piperazine rings is 1. The molecular formula is C28H34N4O2. The van der Waals surface area contributed by atoms with Crippen molar-refractivity contribution in [2.75, 3.05) is 37.6 Å². The number of rotatable bonds is 8. The summed E-state index contributed by atoms with van der Waals surface area (Å²) in [6, 6.07) is 16.3. The molecule has 2 N–H and O–H groups in total. The van der Waals surface area contributed by atoms with Gasteiger partial charge in [-0.25, -0.2) is 0 Å². The molecule has 178 valence electrons. The Labute approximate surface area is 202 Å². The van der Waals surface area contributed by atoms with Crippen LogP contribution < -0.4 is 10.2 Å². The molecule has 0 bridgehead atoms. The lowest BCUT2D eigenvalue weighted by Crippen LogP contribution is -2.46. The van der Waals surface area contributed by atoms with Gasteiger partial charge in [0.15, 0.2) is 0 Å². The van der Waals surface area contributed by atoms with Crippen LogP contribution in [0, 0.1) is 0 Å². The fraction of sp³-hybridized carbons (Fsp3) is 0.357. The summed E-state index contributed by atoms with van der Waals surface area (Å²) in [5.74, 6) is 0.184. The van der Waals surface area contributed by atoms with E-state index in [0.29, 0.717) is 12.1 Å². The molecule has 1 saturated heterocycles. The van der Waals surface area contributed by atoms with Gasteiger partial charge in [-0.1, -0.05) is 32.0 Å². The zero-order chi connectivity index (χ0) is 23.9. The third kappa shape index (κ3) is 5.75. The van der Waals surface area contributed by atoms with Crippen LogP contribution in [0.25, 0.3) is 11.1 Å². The molecule has 1 aliphatic rings. The van der Waals surface area contributed by atoms with Crippen molar-refractivity contribution >= 4 is 11.6 Å². The number of anilines is 1. The molecule has 0 atom stereocenters. The largest absolute Gasteiger partial charge is 0.506 e. The third-order valence-electron chi connectivity index (χ3n) is 6.44. The lowest BCUT2D eigenvalue weighted by Gasteiger charge is -2.36. The molecule has 2 aromatic carbocycles. The van der Waals surface area contributed by atoms with Crippen molar-refractivity contribution in [1.82, 2.24) is 15.2 Å². The predicted octanol–water partition coefficient (Wildman–Crippen LogP) is 4.48. The molecule has 2 heterocycles. The smallest absolute Gasteiger partial charge is 0.251 e. The lowest BCUT2D eigenvalue weighted by molar-refractivity contribution is 0.0953. The molecule has 34 heavy (non-hydrogen) atoms. The van der Waals surface area contributed by atoms with Crippen molar-refractivity contribution in [2.45, 2.75) is 33.2 Å². The molecule has 0 radical (unpaired) electrons. The normalized spacial score (nSPS) is 14.2. The molecule has 1 aromatic heterocycles. The van der Waals surface area contributed by atoms with E-state index in [1.54, 1.807) is 12.3 Å². The SMILES string of the molecule is CCCNC(=O)c1ccc(N2CCN(Cc3ccc(-c4cncc(O)c4)cc3CC)CC2)cc1. The maximum atomic E-state index is 12.1. The first-order valence-electron chi connectivity index (χ1n) is 12.2. The highest BCUT2D eigenvalue weighted by atomic mass is 16.3.